The van der Waals surface area contributed by atoms with Crippen molar-refractivity contribution in [1.82, 2.24) is 0 Å². The number of hydrogen-bond acceptors (Lipinski definition) is 0. The van der Waals surface area contributed by atoms with Crippen molar-refractivity contribution in [3.8, 4) is 0 Å². The summed E-state index contributed by atoms with van der Waals surface area (Å²) in [4.78, 5) is 0. The van der Waals surface area contributed by atoms with Crippen LogP contribution in [0.1, 0.15) is 20.8 Å². The molecular weight excluding hydrogens is 391 g/mol. The largest absolute Gasteiger partial charge is 1.00 e. The molecule has 0 aliphatic rings. The second-order valence-corrected chi connectivity index (χ2v) is 6.08. The predicted molar refractivity (Wildman–Crippen MR) is 63.8 cm³/mol. The van der Waals surface area contributed by atoms with Gasteiger partial charge in [0.05, 0.1) is 0 Å². The number of benzene rings is 1. The van der Waals surface area contributed by atoms with E-state index in [4.69, 9.17) is 0 Å². The van der Waals surface area contributed by atoms with E-state index in [-0.39, 0.29) is 28.2 Å². The smallest absolute Gasteiger partial charge is 0.284 e. The minimum Gasteiger partial charge on any atom is -0.284 e. The first-order chi connectivity index (χ1) is 6.74. The van der Waals surface area contributed by atoms with Gasteiger partial charge in [0.15, 0.2) is 0 Å². The molecule has 1 rings (SSSR count). The molecule has 0 nitrogen and oxygen atoms in total. The molecule has 0 aliphatic carbocycles. The Kier molecular flexibility index (Phi) is 14.6. The van der Waals surface area contributed by atoms with Crippen molar-refractivity contribution >= 4 is 7.92 Å². The molecule has 0 heterocycles. The monoisotopic (exact) mass is 410 g/mol. The van der Waals surface area contributed by atoms with Crippen LogP contribution in [0.5, 0.6) is 0 Å². The molecule has 0 aliphatic heterocycles. The van der Waals surface area contributed by atoms with Crippen LogP contribution in [-0.2, 0) is 22.4 Å². The van der Waals surface area contributed by atoms with E-state index >= 15 is 0 Å². The van der Waals surface area contributed by atoms with E-state index in [2.05, 4.69) is 26.8 Å². The SMILES string of the molecule is CCP(CC)CC.Fc1c[c-]ccc1.[Au+]. The summed E-state index contributed by atoms with van der Waals surface area (Å²) in [6.07, 6.45) is 4.26. The fourth-order valence-corrected chi connectivity index (χ4v) is 2.38. The zero-order valence-corrected chi connectivity index (χ0v) is 12.6. The van der Waals surface area contributed by atoms with Crippen LogP contribution >= 0.6 is 7.92 Å². The molecule has 0 saturated carbocycles. The van der Waals surface area contributed by atoms with Crippen LogP contribution in [0.3, 0.4) is 0 Å². The second-order valence-electron chi connectivity index (χ2n) is 2.84. The van der Waals surface area contributed by atoms with Gasteiger partial charge in [-0.05, 0) is 18.5 Å². The van der Waals surface area contributed by atoms with Gasteiger partial charge in [0.25, 0.3) is 0 Å². The molecule has 3 heteroatoms. The Hall–Kier alpha value is 0.320. The van der Waals surface area contributed by atoms with E-state index in [1.165, 1.54) is 30.6 Å². The number of hydrogen-bond donors (Lipinski definition) is 0. The van der Waals surface area contributed by atoms with Crippen molar-refractivity contribution in [2.45, 2.75) is 20.8 Å². The molecule has 0 spiro atoms. The standard InChI is InChI=1S/C6H4F.C6H15P.Au/c7-6-4-2-1-3-5-6;1-4-7(5-2)6-3;/h1-2,4-5H;4-6H2,1-3H3;/q-1;;+1. The molecule has 0 amide bonds. The van der Waals surface area contributed by atoms with Gasteiger partial charge >= 0.3 is 22.4 Å². The van der Waals surface area contributed by atoms with Gasteiger partial charge in [0.1, 0.15) is 0 Å². The molecule has 0 aromatic heterocycles. The minimum atomic E-state index is -0.234. The van der Waals surface area contributed by atoms with Crippen LogP contribution in [0.25, 0.3) is 0 Å². The maximum Gasteiger partial charge on any atom is 1.00 e. The topological polar surface area (TPSA) is 0 Å². The second kappa shape index (κ2) is 12.4. The van der Waals surface area contributed by atoms with Crippen molar-refractivity contribution in [2.75, 3.05) is 18.5 Å². The summed E-state index contributed by atoms with van der Waals surface area (Å²) in [5, 5.41) is 0. The molecule has 90 valence electrons. The van der Waals surface area contributed by atoms with Gasteiger partial charge in [-0.1, -0.05) is 20.8 Å². The van der Waals surface area contributed by atoms with Crippen LogP contribution < -0.4 is 0 Å². The molecule has 0 unspecified atom stereocenters. The van der Waals surface area contributed by atoms with Crippen molar-refractivity contribution in [3.05, 3.63) is 36.1 Å². The fourth-order valence-electron chi connectivity index (χ4n) is 1.04. The average Bonchev–Trinajstić information content (AvgIpc) is 2.22. The summed E-state index contributed by atoms with van der Waals surface area (Å²) in [5.41, 5.74) is 0. The van der Waals surface area contributed by atoms with Crippen LogP contribution in [0.15, 0.2) is 24.3 Å². The maximum absolute atomic E-state index is 11.9. The normalized spacial score (nSPS) is 8.87. The minimum absolute atomic E-state index is 0. The number of rotatable bonds is 3. The Morgan fingerprint density at radius 1 is 1.20 bits per heavy atom. The van der Waals surface area contributed by atoms with Crippen LogP contribution in [0.4, 0.5) is 4.39 Å². The van der Waals surface area contributed by atoms with Gasteiger partial charge in [-0.3, -0.25) is 4.39 Å². The third-order valence-corrected chi connectivity index (χ3v) is 4.69. The summed E-state index contributed by atoms with van der Waals surface area (Å²) in [5.74, 6) is -0.234. The van der Waals surface area contributed by atoms with Crippen molar-refractivity contribution in [3.63, 3.8) is 0 Å². The van der Waals surface area contributed by atoms with Gasteiger partial charge in [0, 0.05) is 5.82 Å². The Balaban J connectivity index is 0. The molecular formula is C12H19AuFP. The van der Waals surface area contributed by atoms with E-state index < -0.39 is 0 Å². The van der Waals surface area contributed by atoms with Gasteiger partial charge in [-0.2, -0.15) is 18.2 Å². The van der Waals surface area contributed by atoms with Crippen molar-refractivity contribution < 1.29 is 26.8 Å². The third kappa shape index (κ3) is 10.6. The Morgan fingerprint density at radius 3 is 1.87 bits per heavy atom. The summed E-state index contributed by atoms with van der Waals surface area (Å²) in [7, 11) is 0.446. The Morgan fingerprint density at radius 2 is 1.73 bits per heavy atom. The molecule has 1 aromatic rings. The maximum atomic E-state index is 11.9. The van der Waals surface area contributed by atoms with Crippen molar-refractivity contribution in [1.29, 1.82) is 0 Å². The molecule has 0 bridgehead atoms. The van der Waals surface area contributed by atoms with Crippen LogP contribution in [0.2, 0.25) is 0 Å². The summed E-state index contributed by atoms with van der Waals surface area (Å²) in [6, 6.07) is 8.53. The molecule has 0 saturated heterocycles. The third-order valence-electron chi connectivity index (χ3n) is 2.01. The molecule has 0 atom stereocenters. The fraction of sp³-hybridized carbons (Fsp3) is 0.500. The summed E-state index contributed by atoms with van der Waals surface area (Å²) >= 11 is 0. The van der Waals surface area contributed by atoms with Crippen LogP contribution in [-0.4, -0.2) is 18.5 Å². The zero-order chi connectivity index (χ0) is 10.8. The molecule has 15 heavy (non-hydrogen) atoms. The van der Waals surface area contributed by atoms with Crippen molar-refractivity contribution in [2.24, 2.45) is 0 Å². The predicted octanol–water partition coefficient (Wildman–Crippen LogP) is 4.15. The van der Waals surface area contributed by atoms with E-state index in [1.807, 2.05) is 0 Å². The van der Waals surface area contributed by atoms with Crippen LogP contribution in [0, 0.1) is 11.9 Å². The Bertz CT molecular complexity index is 207. The van der Waals surface area contributed by atoms with E-state index in [9.17, 15) is 4.39 Å². The first-order valence-electron chi connectivity index (χ1n) is 5.08. The molecule has 1 aromatic carbocycles. The van der Waals surface area contributed by atoms with Gasteiger partial charge in [0.2, 0.25) is 0 Å². The van der Waals surface area contributed by atoms with Gasteiger partial charge < -0.3 is 0 Å². The first-order valence-corrected chi connectivity index (χ1v) is 6.98. The number of halogens is 1. The molecule has 0 N–H and O–H groups in total. The average molecular weight is 410 g/mol. The summed E-state index contributed by atoms with van der Waals surface area (Å²) < 4.78 is 11.9. The first kappa shape index (κ1) is 17.7. The van der Waals surface area contributed by atoms with E-state index in [1.54, 1.807) is 12.1 Å². The van der Waals surface area contributed by atoms with E-state index in [0.29, 0.717) is 7.92 Å². The molecule has 0 fully saturated rings. The quantitative estimate of drug-likeness (QED) is 0.399. The van der Waals surface area contributed by atoms with Gasteiger partial charge in [-0.15, -0.1) is 20.1 Å². The van der Waals surface area contributed by atoms with E-state index in [0.717, 1.165) is 0 Å². The summed E-state index contributed by atoms with van der Waals surface area (Å²) in [6.45, 7) is 6.87. The zero-order valence-electron chi connectivity index (χ0n) is 9.56. The van der Waals surface area contributed by atoms with Gasteiger partial charge in [-0.25, -0.2) is 0 Å². The molecule has 0 radical (unpaired) electrons. The Labute approximate surface area is 110 Å².